The van der Waals surface area contributed by atoms with E-state index in [2.05, 4.69) is 5.32 Å². The number of aromatic carboxylic acids is 1. The first kappa shape index (κ1) is 24.6. The van der Waals surface area contributed by atoms with Crippen LogP contribution in [0.25, 0.3) is 11.1 Å². The van der Waals surface area contributed by atoms with Crippen molar-refractivity contribution < 1.29 is 23.4 Å². The zero-order chi connectivity index (χ0) is 23.8. The van der Waals surface area contributed by atoms with Crippen LogP contribution >= 0.6 is 0 Å². The van der Waals surface area contributed by atoms with Gasteiger partial charge in [-0.15, -0.1) is 0 Å². The number of aliphatic hydroxyl groups is 1. The zero-order valence-electron chi connectivity index (χ0n) is 18.6. The second-order valence-electron chi connectivity index (χ2n) is 7.91. The molecular weight excluding hydrogens is 438 g/mol. The molecule has 3 aromatic carbocycles. The van der Waals surface area contributed by atoms with E-state index in [0.717, 1.165) is 23.1 Å². The van der Waals surface area contributed by atoms with Gasteiger partial charge in [0.15, 0.2) is 9.84 Å². The van der Waals surface area contributed by atoms with Crippen LogP contribution in [-0.4, -0.2) is 43.4 Å². The lowest BCUT2D eigenvalue weighted by Crippen LogP contribution is -2.23. The quantitative estimate of drug-likeness (QED) is 0.367. The third-order valence-corrected chi connectivity index (χ3v) is 7.37. The van der Waals surface area contributed by atoms with Crippen LogP contribution in [0.15, 0.2) is 77.7 Å². The molecule has 0 saturated carbocycles. The van der Waals surface area contributed by atoms with E-state index in [4.69, 9.17) is 0 Å². The maximum Gasteiger partial charge on any atom is 0.337 e. The predicted molar refractivity (Wildman–Crippen MR) is 129 cm³/mol. The molecule has 0 saturated heterocycles. The number of hydrogen-bond acceptors (Lipinski definition) is 5. The maximum absolute atomic E-state index is 12.6. The number of sulfone groups is 1. The van der Waals surface area contributed by atoms with Crippen LogP contribution in [0, 0.1) is 0 Å². The molecule has 1 atom stereocenters. The summed E-state index contributed by atoms with van der Waals surface area (Å²) in [5.74, 6) is -1.35. The SMILES string of the molecule is CCCS(=O)(=O)c1cc(-c2ccc(CCNCC(O)c3ccccc3)cc2)ccc1C(=O)O. The van der Waals surface area contributed by atoms with E-state index < -0.39 is 21.9 Å². The molecule has 0 aliphatic carbocycles. The summed E-state index contributed by atoms with van der Waals surface area (Å²) in [5.41, 5.74) is 3.25. The number of benzene rings is 3. The second-order valence-corrected chi connectivity index (χ2v) is 9.99. The minimum atomic E-state index is -3.68. The van der Waals surface area contributed by atoms with Crippen molar-refractivity contribution >= 4 is 15.8 Å². The number of carboxylic acid groups (broad SMARTS) is 1. The monoisotopic (exact) mass is 467 g/mol. The molecule has 1 unspecified atom stereocenters. The Morgan fingerprint density at radius 1 is 0.970 bits per heavy atom. The molecule has 0 heterocycles. The molecule has 6 nitrogen and oxygen atoms in total. The van der Waals surface area contributed by atoms with E-state index in [1.165, 1.54) is 12.1 Å². The van der Waals surface area contributed by atoms with Crippen LogP contribution in [0.2, 0.25) is 0 Å². The van der Waals surface area contributed by atoms with Gasteiger partial charge in [0, 0.05) is 6.54 Å². The van der Waals surface area contributed by atoms with Crippen molar-refractivity contribution in [2.75, 3.05) is 18.8 Å². The molecule has 3 N–H and O–H groups in total. The Bertz CT molecular complexity index is 1180. The summed E-state index contributed by atoms with van der Waals surface area (Å²) in [6.45, 7) is 2.92. The third-order valence-electron chi connectivity index (χ3n) is 5.42. The van der Waals surface area contributed by atoms with Gasteiger partial charge in [-0.2, -0.15) is 0 Å². The van der Waals surface area contributed by atoms with Crippen molar-refractivity contribution in [2.45, 2.75) is 30.8 Å². The van der Waals surface area contributed by atoms with E-state index in [1.54, 1.807) is 13.0 Å². The highest BCUT2D eigenvalue weighted by molar-refractivity contribution is 7.91. The van der Waals surface area contributed by atoms with Gasteiger partial charge in [0.1, 0.15) is 0 Å². The van der Waals surface area contributed by atoms with Gasteiger partial charge >= 0.3 is 5.97 Å². The Balaban J connectivity index is 1.65. The van der Waals surface area contributed by atoms with E-state index in [9.17, 15) is 23.4 Å². The fourth-order valence-electron chi connectivity index (χ4n) is 3.64. The fraction of sp³-hybridized carbons (Fsp3) is 0.269. The standard InChI is InChI=1S/C26H29NO5S/c1-2-16-33(31,32)25-17-22(12-13-23(25)26(29)30)20-10-8-19(9-11-20)14-15-27-18-24(28)21-6-4-3-5-7-21/h3-13,17,24,27-28H,2,14-16,18H2,1H3,(H,29,30). The van der Waals surface area contributed by atoms with Crippen molar-refractivity contribution in [3.63, 3.8) is 0 Å². The molecule has 0 radical (unpaired) electrons. The normalized spacial score (nSPS) is 12.4. The van der Waals surface area contributed by atoms with Crippen LogP contribution in [0.3, 0.4) is 0 Å². The molecule has 0 bridgehead atoms. The Morgan fingerprint density at radius 3 is 2.27 bits per heavy atom. The molecule has 0 aliphatic heterocycles. The second kappa shape index (κ2) is 11.2. The van der Waals surface area contributed by atoms with Crippen molar-refractivity contribution in [3.05, 3.63) is 89.5 Å². The summed E-state index contributed by atoms with van der Waals surface area (Å²) < 4.78 is 25.2. The predicted octanol–water partition coefficient (Wildman–Crippen LogP) is 4.10. The zero-order valence-corrected chi connectivity index (χ0v) is 19.4. The number of carbonyl (C=O) groups is 1. The van der Waals surface area contributed by atoms with Crippen LogP contribution in [-0.2, 0) is 16.3 Å². The molecule has 0 fully saturated rings. The van der Waals surface area contributed by atoms with Crippen molar-refractivity contribution in [3.8, 4) is 11.1 Å². The highest BCUT2D eigenvalue weighted by Crippen LogP contribution is 2.27. The van der Waals surface area contributed by atoms with Gasteiger partial charge < -0.3 is 15.5 Å². The molecule has 0 spiro atoms. The number of rotatable bonds is 11. The smallest absolute Gasteiger partial charge is 0.337 e. The molecule has 3 aromatic rings. The van der Waals surface area contributed by atoms with Crippen LogP contribution in [0.1, 0.15) is 40.9 Å². The molecule has 0 amide bonds. The highest BCUT2D eigenvalue weighted by atomic mass is 32.2. The van der Waals surface area contributed by atoms with E-state index >= 15 is 0 Å². The molecule has 3 rings (SSSR count). The first-order valence-electron chi connectivity index (χ1n) is 10.9. The topological polar surface area (TPSA) is 104 Å². The average molecular weight is 468 g/mol. The largest absolute Gasteiger partial charge is 0.478 e. The Labute approximate surface area is 194 Å². The number of aliphatic hydroxyl groups excluding tert-OH is 1. The Hall–Kier alpha value is -3.00. The third kappa shape index (κ3) is 6.51. The van der Waals surface area contributed by atoms with Crippen LogP contribution in [0.4, 0.5) is 0 Å². The van der Waals surface area contributed by atoms with Crippen LogP contribution in [0.5, 0.6) is 0 Å². The summed E-state index contributed by atoms with van der Waals surface area (Å²) in [6, 6.07) is 21.7. The van der Waals surface area contributed by atoms with E-state index in [-0.39, 0.29) is 16.2 Å². The van der Waals surface area contributed by atoms with Crippen molar-refractivity contribution in [1.29, 1.82) is 0 Å². The van der Waals surface area contributed by atoms with Gasteiger partial charge in [0.05, 0.1) is 22.3 Å². The van der Waals surface area contributed by atoms with Crippen molar-refractivity contribution in [1.82, 2.24) is 5.32 Å². The molecule has 7 heteroatoms. The number of hydrogen-bond donors (Lipinski definition) is 3. The van der Waals surface area contributed by atoms with Gasteiger partial charge in [-0.05, 0) is 53.8 Å². The lowest BCUT2D eigenvalue weighted by atomic mass is 10.0. The summed E-state index contributed by atoms with van der Waals surface area (Å²) in [4.78, 5) is 11.4. The molecule has 174 valence electrons. The Morgan fingerprint density at radius 2 is 1.64 bits per heavy atom. The molecule has 33 heavy (non-hydrogen) atoms. The minimum Gasteiger partial charge on any atom is -0.478 e. The fourth-order valence-corrected chi connectivity index (χ4v) is 5.20. The first-order chi connectivity index (χ1) is 15.8. The van der Waals surface area contributed by atoms with Crippen LogP contribution < -0.4 is 5.32 Å². The summed E-state index contributed by atoms with van der Waals surface area (Å²) in [5, 5.41) is 22.9. The van der Waals surface area contributed by atoms with E-state index in [1.807, 2.05) is 54.6 Å². The minimum absolute atomic E-state index is 0.0956. The van der Waals surface area contributed by atoms with Gasteiger partial charge in [0.25, 0.3) is 0 Å². The van der Waals surface area contributed by atoms with Gasteiger partial charge in [-0.1, -0.05) is 67.6 Å². The van der Waals surface area contributed by atoms with Gasteiger partial charge in [0.2, 0.25) is 0 Å². The van der Waals surface area contributed by atoms with Crippen molar-refractivity contribution in [2.24, 2.45) is 0 Å². The maximum atomic E-state index is 12.6. The van der Waals surface area contributed by atoms with E-state index in [0.29, 0.717) is 25.1 Å². The number of carboxylic acids is 1. The summed E-state index contributed by atoms with van der Waals surface area (Å²) >= 11 is 0. The molecule has 0 aliphatic rings. The number of nitrogens with one attached hydrogen (secondary N) is 1. The van der Waals surface area contributed by atoms with Gasteiger partial charge in [-0.3, -0.25) is 0 Å². The van der Waals surface area contributed by atoms with Gasteiger partial charge in [-0.25, -0.2) is 13.2 Å². The highest BCUT2D eigenvalue weighted by Gasteiger charge is 2.22. The average Bonchev–Trinajstić information content (AvgIpc) is 2.82. The first-order valence-corrected chi connectivity index (χ1v) is 12.6. The lowest BCUT2D eigenvalue weighted by molar-refractivity contribution is 0.0692. The summed E-state index contributed by atoms with van der Waals surface area (Å²) in [7, 11) is -3.68. The lowest BCUT2D eigenvalue weighted by Gasteiger charge is -2.12. The molecule has 0 aromatic heterocycles. The Kier molecular flexibility index (Phi) is 8.38. The molecular formula is C26H29NO5S. The summed E-state index contributed by atoms with van der Waals surface area (Å²) in [6.07, 6.45) is 0.632.